The third-order valence-electron chi connectivity index (χ3n) is 1.59. The monoisotopic (exact) mass is 189 g/mol. The topological polar surface area (TPSA) is 61.5 Å². The van der Waals surface area contributed by atoms with E-state index in [1.54, 1.807) is 0 Å². The summed E-state index contributed by atoms with van der Waals surface area (Å²) in [5, 5.41) is 0. The Kier molecular flexibility index (Phi) is 3.88. The first-order chi connectivity index (χ1) is 5.68. The van der Waals surface area contributed by atoms with Gasteiger partial charge in [0.25, 0.3) is 0 Å². The number of esters is 1. The normalized spacial score (nSPS) is 12.8. The molecule has 0 saturated heterocycles. The number of ether oxygens (including phenoxy) is 1. The Labute approximate surface area is 79.3 Å². The smallest absolute Gasteiger partial charge is 0.303 e. The van der Waals surface area contributed by atoms with Crippen LogP contribution in [0.4, 0.5) is 0 Å². The number of nitrogens with two attached hydrogens (primary N) is 1. The zero-order chi connectivity index (χ0) is 10.7. The predicted molar refractivity (Wildman–Crippen MR) is 49.8 cm³/mol. The van der Waals surface area contributed by atoms with Crippen LogP contribution in [-0.2, 0) is 14.4 Å². The van der Waals surface area contributed by atoms with E-state index >= 15 is 0 Å². The lowest BCUT2D eigenvalue weighted by molar-refractivity contribution is -0.160. The van der Waals surface area contributed by atoms with Crippen LogP contribution in [0.1, 0.15) is 41.0 Å². The maximum atomic E-state index is 10.7. The van der Waals surface area contributed by atoms with Crippen molar-refractivity contribution in [2.75, 3.05) is 0 Å². The van der Waals surface area contributed by atoms with E-state index in [4.69, 9.17) is 15.5 Å². The summed E-state index contributed by atoms with van der Waals surface area (Å²) in [7, 11) is 0. The van der Waals surface area contributed by atoms with Crippen LogP contribution >= 0.6 is 0 Å². The van der Waals surface area contributed by atoms with Crippen LogP contribution < -0.4 is 5.90 Å². The number of carbonyl (C=O) groups excluding carboxylic acids is 1. The molecule has 4 heteroatoms. The van der Waals surface area contributed by atoms with Gasteiger partial charge in [-0.25, -0.2) is 5.90 Å². The van der Waals surface area contributed by atoms with Crippen LogP contribution in [0.15, 0.2) is 0 Å². The van der Waals surface area contributed by atoms with Gasteiger partial charge in [0.15, 0.2) is 0 Å². The van der Waals surface area contributed by atoms with Crippen molar-refractivity contribution >= 4 is 5.97 Å². The van der Waals surface area contributed by atoms with E-state index in [-0.39, 0.29) is 5.97 Å². The second-order valence-electron chi connectivity index (χ2n) is 4.41. The molecule has 78 valence electrons. The van der Waals surface area contributed by atoms with Gasteiger partial charge < -0.3 is 4.74 Å². The fourth-order valence-corrected chi connectivity index (χ4v) is 1.49. The predicted octanol–water partition coefficient (Wildman–Crippen LogP) is 1.39. The van der Waals surface area contributed by atoms with Crippen molar-refractivity contribution < 1.29 is 14.4 Å². The van der Waals surface area contributed by atoms with Gasteiger partial charge in [-0.3, -0.25) is 9.63 Å². The molecule has 0 aliphatic carbocycles. The van der Waals surface area contributed by atoms with E-state index < -0.39 is 11.2 Å². The highest BCUT2D eigenvalue weighted by molar-refractivity contribution is 5.66. The average Bonchev–Trinajstić information content (AvgIpc) is 1.81. The summed E-state index contributed by atoms with van der Waals surface area (Å²) in [5.41, 5.74) is -1.03. The van der Waals surface area contributed by atoms with Crippen LogP contribution in [0.5, 0.6) is 0 Å². The number of hydrogen-bond donors (Lipinski definition) is 1. The maximum Gasteiger partial charge on any atom is 0.303 e. The van der Waals surface area contributed by atoms with Crippen molar-refractivity contribution in [1.82, 2.24) is 0 Å². The average molecular weight is 189 g/mol. The van der Waals surface area contributed by atoms with E-state index in [0.717, 1.165) is 0 Å². The Hall–Kier alpha value is -0.610. The first-order valence-corrected chi connectivity index (χ1v) is 4.26. The maximum absolute atomic E-state index is 10.7. The minimum atomic E-state index is -0.547. The molecule has 0 spiro atoms. The molecule has 0 rings (SSSR count). The van der Waals surface area contributed by atoms with Gasteiger partial charge in [-0.05, 0) is 27.7 Å². The van der Waals surface area contributed by atoms with Crippen molar-refractivity contribution in [2.24, 2.45) is 5.90 Å². The lowest BCUT2D eigenvalue weighted by atomic mass is 9.92. The summed E-state index contributed by atoms with van der Waals surface area (Å²) in [6.07, 6.45) is 0.552. The number of rotatable bonds is 4. The molecule has 0 aliphatic rings. The van der Waals surface area contributed by atoms with Crippen molar-refractivity contribution in [3.63, 3.8) is 0 Å². The lowest BCUT2D eigenvalue weighted by Gasteiger charge is -2.32. The molecule has 0 aromatic carbocycles. The molecule has 0 heterocycles. The van der Waals surface area contributed by atoms with Gasteiger partial charge in [0.05, 0.1) is 5.60 Å². The van der Waals surface area contributed by atoms with Crippen LogP contribution in [0.2, 0.25) is 0 Å². The largest absolute Gasteiger partial charge is 0.460 e. The molecule has 0 amide bonds. The molecular formula is C9H19NO3. The highest BCUT2D eigenvalue weighted by Gasteiger charge is 2.31. The summed E-state index contributed by atoms with van der Waals surface area (Å²) in [6, 6.07) is 0. The van der Waals surface area contributed by atoms with Gasteiger partial charge >= 0.3 is 5.97 Å². The molecule has 4 nitrogen and oxygen atoms in total. The zero-order valence-corrected chi connectivity index (χ0v) is 9.01. The Balaban J connectivity index is 4.24. The molecule has 0 atom stereocenters. The SMILES string of the molecule is CC(=O)OC(C)(C)CC(C)(C)ON. The van der Waals surface area contributed by atoms with Gasteiger partial charge in [-0.2, -0.15) is 0 Å². The summed E-state index contributed by atoms with van der Waals surface area (Å²) < 4.78 is 5.10. The summed E-state index contributed by atoms with van der Waals surface area (Å²) in [4.78, 5) is 15.5. The van der Waals surface area contributed by atoms with Crippen molar-refractivity contribution in [1.29, 1.82) is 0 Å². The minimum absolute atomic E-state index is 0.294. The first kappa shape index (κ1) is 12.4. The fourth-order valence-electron chi connectivity index (χ4n) is 1.49. The van der Waals surface area contributed by atoms with Gasteiger partial charge in [0.1, 0.15) is 5.60 Å². The third kappa shape index (κ3) is 5.60. The molecule has 0 aromatic heterocycles. The molecule has 0 aromatic rings. The first-order valence-electron chi connectivity index (χ1n) is 4.26. The Morgan fingerprint density at radius 1 is 1.23 bits per heavy atom. The van der Waals surface area contributed by atoms with Crippen molar-refractivity contribution in [3.8, 4) is 0 Å². The second kappa shape index (κ2) is 4.07. The van der Waals surface area contributed by atoms with Crippen LogP contribution in [0, 0.1) is 0 Å². The highest BCUT2D eigenvalue weighted by atomic mass is 16.6. The molecule has 13 heavy (non-hydrogen) atoms. The van der Waals surface area contributed by atoms with Gasteiger partial charge in [-0.1, -0.05) is 0 Å². The summed E-state index contributed by atoms with van der Waals surface area (Å²) in [5.74, 6) is 4.81. The molecule has 0 aliphatic heterocycles. The van der Waals surface area contributed by atoms with E-state index in [1.807, 2.05) is 27.7 Å². The second-order valence-corrected chi connectivity index (χ2v) is 4.41. The summed E-state index contributed by atoms with van der Waals surface area (Å²) >= 11 is 0. The Bertz CT molecular complexity index is 187. The van der Waals surface area contributed by atoms with E-state index in [2.05, 4.69) is 0 Å². The van der Waals surface area contributed by atoms with Crippen molar-refractivity contribution in [3.05, 3.63) is 0 Å². The van der Waals surface area contributed by atoms with E-state index in [9.17, 15) is 4.79 Å². The molecule has 2 N–H and O–H groups in total. The van der Waals surface area contributed by atoms with Crippen LogP contribution in [0.3, 0.4) is 0 Å². The lowest BCUT2D eigenvalue weighted by Crippen LogP contribution is -2.39. The van der Waals surface area contributed by atoms with Crippen LogP contribution in [0.25, 0.3) is 0 Å². The third-order valence-corrected chi connectivity index (χ3v) is 1.59. The van der Waals surface area contributed by atoms with Gasteiger partial charge in [0.2, 0.25) is 0 Å². The molecule has 0 fully saturated rings. The van der Waals surface area contributed by atoms with Gasteiger partial charge in [-0.15, -0.1) is 0 Å². The molecule has 0 unspecified atom stereocenters. The Morgan fingerprint density at radius 2 is 1.69 bits per heavy atom. The molecule has 0 radical (unpaired) electrons. The highest BCUT2D eigenvalue weighted by Crippen LogP contribution is 2.25. The van der Waals surface area contributed by atoms with Gasteiger partial charge in [0, 0.05) is 13.3 Å². The minimum Gasteiger partial charge on any atom is -0.460 e. The molecule has 0 bridgehead atoms. The van der Waals surface area contributed by atoms with Crippen LogP contribution in [-0.4, -0.2) is 17.2 Å². The molecule has 0 saturated carbocycles. The number of carbonyl (C=O) groups is 1. The molecular weight excluding hydrogens is 170 g/mol. The number of hydrogen-bond acceptors (Lipinski definition) is 4. The summed E-state index contributed by atoms with van der Waals surface area (Å²) in [6.45, 7) is 8.74. The zero-order valence-electron chi connectivity index (χ0n) is 9.01. The standard InChI is InChI=1S/C9H19NO3/c1-7(11)12-8(2,3)6-9(4,5)13-10/h6,10H2,1-5H3. The van der Waals surface area contributed by atoms with E-state index in [1.165, 1.54) is 6.92 Å². The fraction of sp³-hybridized carbons (Fsp3) is 0.889. The Morgan fingerprint density at radius 3 is 2.00 bits per heavy atom. The van der Waals surface area contributed by atoms with Crippen molar-refractivity contribution in [2.45, 2.75) is 52.2 Å². The van der Waals surface area contributed by atoms with E-state index in [0.29, 0.717) is 6.42 Å². The quantitative estimate of drug-likeness (QED) is 0.536.